The fraction of sp³-hybridized carbons (Fsp3) is 0.0714. The lowest BCUT2D eigenvalue weighted by molar-refractivity contribution is 0.555. The van der Waals surface area contributed by atoms with E-state index in [0.29, 0.717) is 16.8 Å². The number of oxazole rings is 1. The second-order valence-electron chi connectivity index (χ2n) is 4.44. The summed E-state index contributed by atoms with van der Waals surface area (Å²) in [6.45, 7) is 2.03. The van der Waals surface area contributed by atoms with Gasteiger partial charge in [-0.15, -0.1) is 0 Å². The van der Waals surface area contributed by atoms with Crippen molar-refractivity contribution in [2.45, 2.75) is 6.92 Å². The van der Waals surface area contributed by atoms with Crippen LogP contribution in [0.15, 0.2) is 45.6 Å². The van der Waals surface area contributed by atoms with Gasteiger partial charge in [0.1, 0.15) is 0 Å². The van der Waals surface area contributed by atoms with Crippen molar-refractivity contribution in [2.75, 3.05) is 11.1 Å². The highest BCUT2D eigenvalue weighted by atomic mass is 16.4. The first-order valence-corrected chi connectivity index (χ1v) is 5.88. The molecule has 96 valence electrons. The molecule has 0 saturated heterocycles. The van der Waals surface area contributed by atoms with E-state index < -0.39 is 5.76 Å². The predicted molar refractivity (Wildman–Crippen MR) is 75.7 cm³/mol. The standard InChI is InChI=1S/C14H13N3O2/c1-8-2-4-9(5-3-8)16-11-7-12-13(6-10(11)15)19-14(18)17-12/h2-7,16H,15H2,1H3,(H,17,18). The van der Waals surface area contributed by atoms with Crippen molar-refractivity contribution in [3.63, 3.8) is 0 Å². The number of nitrogens with one attached hydrogen (secondary N) is 2. The molecule has 4 N–H and O–H groups in total. The van der Waals surface area contributed by atoms with Crippen molar-refractivity contribution in [2.24, 2.45) is 0 Å². The molecule has 0 saturated carbocycles. The highest BCUT2D eigenvalue weighted by molar-refractivity contribution is 5.86. The van der Waals surface area contributed by atoms with E-state index in [2.05, 4.69) is 10.3 Å². The second-order valence-corrected chi connectivity index (χ2v) is 4.44. The van der Waals surface area contributed by atoms with Crippen molar-refractivity contribution in [3.05, 3.63) is 52.5 Å². The summed E-state index contributed by atoms with van der Waals surface area (Å²) >= 11 is 0. The maximum atomic E-state index is 11.1. The van der Waals surface area contributed by atoms with E-state index in [-0.39, 0.29) is 0 Å². The van der Waals surface area contributed by atoms with Gasteiger partial charge in [0.25, 0.3) is 0 Å². The predicted octanol–water partition coefficient (Wildman–Crippen LogP) is 2.76. The van der Waals surface area contributed by atoms with Crippen LogP contribution in [0.3, 0.4) is 0 Å². The number of benzene rings is 2. The number of fused-ring (bicyclic) bond motifs is 1. The van der Waals surface area contributed by atoms with Crippen LogP contribution in [-0.4, -0.2) is 4.98 Å². The molecule has 0 atom stereocenters. The molecule has 0 bridgehead atoms. The van der Waals surface area contributed by atoms with Crippen molar-refractivity contribution >= 4 is 28.2 Å². The first-order valence-electron chi connectivity index (χ1n) is 5.88. The topological polar surface area (TPSA) is 84.0 Å². The first-order chi connectivity index (χ1) is 9.11. The smallest absolute Gasteiger partial charge is 0.408 e. The van der Waals surface area contributed by atoms with Crippen LogP contribution in [0.5, 0.6) is 0 Å². The molecule has 2 aromatic carbocycles. The average Bonchev–Trinajstić information content (AvgIpc) is 2.72. The lowest BCUT2D eigenvalue weighted by Crippen LogP contribution is -1.96. The van der Waals surface area contributed by atoms with Crippen LogP contribution >= 0.6 is 0 Å². The van der Waals surface area contributed by atoms with Gasteiger partial charge in [-0.2, -0.15) is 0 Å². The molecule has 0 unspecified atom stereocenters. The van der Waals surface area contributed by atoms with Crippen LogP contribution in [0.2, 0.25) is 0 Å². The monoisotopic (exact) mass is 255 g/mol. The number of hydrogen-bond donors (Lipinski definition) is 3. The summed E-state index contributed by atoms with van der Waals surface area (Å²) in [6, 6.07) is 11.3. The van der Waals surface area contributed by atoms with E-state index in [1.54, 1.807) is 12.1 Å². The molecule has 0 aliphatic carbocycles. The first kappa shape index (κ1) is 11.4. The number of aromatic amines is 1. The van der Waals surface area contributed by atoms with E-state index in [0.717, 1.165) is 11.4 Å². The Balaban J connectivity index is 2.02. The van der Waals surface area contributed by atoms with Crippen LogP contribution < -0.4 is 16.8 Å². The van der Waals surface area contributed by atoms with Crippen LogP contribution in [-0.2, 0) is 0 Å². The Kier molecular flexibility index (Phi) is 2.52. The zero-order valence-electron chi connectivity index (χ0n) is 10.4. The summed E-state index contributed by atoms with van der Waals surface area (Å²) in [4.78, 5) is 13.7. The molecule has 5 nitrogen and oxygen atoms in total. The number of aryl methyl sites for hydroxylation is 1. The molecule has 0 radical (unpaired) electrons. The summed E-state index contributed by atoms with van der Waals surface area (Å²) in [6.07, 6.45) is 0. The van der Waals surface area contributed by atoms with E-state index in [9.17, 15) is 4.79 Å². The Hall–Kier alpha value is -2.69. The number of hydrogen-bond acceptors (Lipinski definition) is 4. The van der Waals surface area contributed by atoms with Gasteiger partial charge in [0.2, 0.25) is 0 Å². The van der Waals surface area contributed by atoms with Gasteiger partial charge >= 0.3 is 5.76 Å². The maximum absolute atomic E-state index is 11.1. The molecule has 3 rings (SSSR count). The molecule has 0 aliphatic rings. The fourth-order valence-electron chi connectivity index (χ4n) is 1.91. The number of nitrogen functional groups attached to an aromatic ring is 1. The number of H-pyrrole nitrogens is 1. The third-order valence-electron chi connectivity index (χ3n) is 2.92. The average molecular weight is 255 g/mol. The molecular formula is C14H13N3O2. The summed E-state index contributed by atoms with van der Waals surface area (Å²) in [5, 5.41) is 3.21. The molecule has 0 aliphatic heterocycles. The van der Waals surface area contributed by atoms with Gasteiger partial charge in [-0.1, -0.05) is 17.7 Å². The Morgan fingerprint density at radius 3 is 2.68 bits per heavy atom. The van der Waals surface area contributed by atoms with E-state index in [1.165, 1.54) is 5.56 Å². The second kappa shape index (κ2) is 4.20. The summed E-state index contributed by atoms with van der Waals surface area (Å²) in [5.74, 6) is -0.484. The fourth-order valence-corrected chi connectivity index (χ4v) is 1.91. The Morgan fingerprint density at radius 2 is 1.95 bits per heavy atom. The third-order valence-corrected chi connectivity index (χ3v) is 2.92. The minimum absolute atomic E-state index is 0.456. The van der Waals surface area contributed by atoms with Gasteiger partial charge in [-0.3, -0.25) is 4.98 Å². The van der Waals surface area contributed by atoms with Crippen LogP contribution in [0.25, 0.3) is 11.1 Å². The summed E-state index contributed by atoms with van der Waals surface area (Å²) in [7, 11) is 0. The third kappa shape index (κ3) is 2.18. The summed E-state index contributed by atoms with van der Waals surface area (Å²) in [5.41, 5.74) is 10.4. The van der Waals surface area contributed by atoms with Crippen molar-refractivity contribution in [3.8, 4) is 0 Å². The van der Waals surface area contributed by atoms with E-state index in [1.807, 2.05) is 31.2 Å². The number of rotatable bonds is 2. The minimum atomic E-state index is -0.484. The molecule has 5 heteroatoms. The van der Waals surface area contributed by atoms with Crippen LogP contribution in [0.4, 0.5) is 17.1 Å². The molecule has 3 aromatic rings. The van der Waals surface area contributed by atoms with Gasteiger partial charge in [0.05, 0.1) is 16.9 Å². The van der Waals surface area contributed by atoms with Gasteiger partial charge in [-0.05, 0) is 25.1 Å². The lowest BCUT2D eigenvalue weighted by Gasteiger charge is -2.09. The van der Waals surface area contributed by atoms with Crippen LogP contribution in [0, 0.1) is 6.92 Å². The van der Waals surface area contributed by atoms with Gasteiger partial charge < -0.3 is 15.5 Å². The van der Waals surface area contributed by atoms with Gasteiger partial charge in [-0.25, -0.2) is 4.79 Å². The Bertz CT molecular complexity index is 785. The number of aromatic nitrogens is 1. The van der Waals surface area contributed by atoms with Crippen molar-refractivity contribution in [1.29, 1.82) is 0 Å². The molecular weight excluding hydrogens is 242 g/mol. The highest BCUT2D eigenvalue weighted by Crippen LogP contribution is 2.27. The normalized spacial score (nSPS) is 10.8. The zero-order valence-corrected chi connectivity index (χ0v) is 10.4. The SMILES string of the molecule is Cc1ccc(Nc2cc3[nH]c(=O)oc3cc2N)cc1. The van der Waals surface area contributed by atoms with Crippen molar-refractivity contribution in [1.82, 2.24) is 4.98 Å². The number of nitrogens with two attached hydrogens (primary N) is 1. The van der Waals surface area contributed by atoms with Crippen molar-refractivity contribution < 1.29 is 4.42 Å². The number of anilines is 3. The van der Waals surface area contributed by atoms with Gasteiger partial charge in [0, 0.05) is 11.8 Å². The molecule has 1 heterocycles. The largest absolute Gasteiger partial charge is 0.417 e. The van der Waals surface area contributed by atoms with Crippen LogP contribution in [0.1, 0.15) is 5.56 Å². The molecule has 1 aromatic heterocycles. The Labute approximate surface area is 109 Å². The molecule has 0 amide bonds. The van der Waals surface area contributed by atoms with Gasteiger partial charge in [0.15, 0.2) is 5.58 Å². The summed E-state index contributed by atoms with van der Waals surface area (Å²) < 4.78 is 4.95. The molecule has 0 spiro atoms. The van der Waals surface area contributed by atoms with E-state index >= 15 is 0 Å². The van der Waals surface area contributed by atoms with E-state index in [4.69, 9.17) is 10.2 Å². The minimum Gasteiger partial charge on any atom is -0.408 e. The molecule has 19 heavy (non-hydrogen) atoms. The zero-order chi connectivity index (χ0) is 13.4. The highest BCUT2D eigenvalue weighted by Gasteiger charge is 2.06. The maximum Gasteiger partial charge on any atom is 0.417 e. The Morgan fingerprint density at radius 1 is 1.21 bits per heavy atom. The molecule has 0 fully saturated rings. The lowest BCUT2D eigenvalue weighted by atomic mass is 10.2. The quantitative estimate of drug-likeness (QED) is 0.615.